The van der Waals surface area contributed by atoms with E-state index in [9.17, 15) is 13.2 Å². The summed E-state index contributed by atoms with van der Waals surface area (Å²) in [5, 5.41) is 6.26. The van der Waals surface area contributed by atoms with Crippen LogP contribution in [0.1, 0.15) is 29.4 Å². The molecule has 1 atom stereocenters. The Kier molecular flexibility index (Phi) is 4.71. The molecule has 1 aromatic carbocycles. The van der Waals surface area contributed by atoms with Crippen molar-refractivity contribution in [3.8, 4) is 0 Å². The molecular formula is C17H20N4O3S. The average Bonchev–Trinajstić information content (AvgIpc) is 2.85. The molecule has 1 saturated heterocycles. The standard InChI is InChI=1S/C17H20N4O3S/c1-11-8-16(19-15-6-7-25(23,24)10-15)21-17(18-11)20-14-5-3-4-13(9-14)12(2)22/h3-5,8-9,15H,6-7,10H2,1-2H3,(H2,18,19,20,21). The summed E-state index contributed by atoms with van der Waals surface area (Å²) >= 11 is 0. The van der Waals surface area contributed by atoms with Crippen molar-refractivity contribution in [2.45, 2.75) is 26.3 Å². The zero-order valence-electron chi connectivity index (χ0n) is 14.1. The number of nitrogens with one attached hydrogen (secondary N) is 2. The van der Waals surface area contributed by atoms with Gasteiger partial charge < -0.3 is 10.6 Å². The molecule has 2 heterocycles. The molecule has 0 spiro atoms. The SMILES string of the molecule is CC(=O)c1cccc(Nc2nc(C)cc(NC3CCS(=O)(=O)C3)n2)c1. The van der Waals surface area contributed by atoms with Crippen LogP contribution in [0.5, 0.6) is 0 Å². The van der Waals surface area contributed by atoms with Crippen molar-refractivity contribution in [2.75, 3.05) is 22.1 Å². The zero-order chi connectivity index (χ0) is 18.0. The van der Waals surface area contributed by atoms with Crippen LogP contribution in [0.2, 0.25) is 0 Å². The van der Waals surface area contributed by atoms with E-state index >= 15 is 0 Å². The van der Waals surface area contributed by atoms with Crippen LogP contribution in [-0.4, -0.2) is 41.7 Å². The molecule has 8 heteroatoms. The minimum absolute atomic E-state index is 0.0152. The van der Waals surface area contributed by atoms with Crippen LogP contribution in [0.15, 0.2) is 30.3 Å². The third-order valence-electron chi connectivity index (χ3n) is 3.96. The lowest BCUT2D eigenvalue weighted by molar-refractivity contribution is 0.101. The Morgan fingerprint density at radius 1 is 1.24 bits per heavy atom. The third kappa shape index (κ3) is 4.54. The van der Waals surface area contributed by atoms with Gasteiger partial charge in [-0.25, -0.2) is 13.4 Å². The van der Waals surface area contributed by atoms with Gasteiger partial charge in [-0.05, 0) is 32.4 Å². The molecule has 0 radical (unpaired) electrons. The number of ketones is 1. The lowest BCUT2D eigenvalue weighted by Crippen LogP contribution is -2.21. The van der Waals surface area contributed by atoms with Crippen molar-refractivity contribution < 1.29 is 13.2 Å². The molecule has 0 aliphatic carbocycles. The van der Waals surface area contributed by atoms with Crippen LogP contribution in [0.25, 0.3) is 0 Å². The Morgan fingerprint density at radius 2 is 2.04 bits per heavy atom. The number of aryl methyl sites for hydroxylation is 1. The molecule has 0 amide bonds. The molecule has 25 heavy (non-hydrogen) atoms. The highest BCUT2D eigenvalue weighted by molar-refractivity contribution is 7.91. The normalized spacial score (nSPS) is 18.7. The van der Waals surface area contributed by atoms with Gasteiger partial charge in [0.05, 0.1) is 11.5 Å². The molecular weight excluding hydrogens is 340 g/mol. The summed E-state index contributed by atoms with van der Waals surface area (Å²) in [6.45, 7) is 3.36. The number of sulfone groups is 1. The summed E-state index contributed by atoms with van der Waals surface area (Å²) in [5.41, 5.74) is 2.07. The summed E-state index contributed by atoms with van der Waals surface area (Å²) in [6, 6.07) is 8.75. The summed E-state index contributed by atoms with van der Waals surface area (Å²) in [5.74, 6) is 1.29. The largest absolute Gasteiger partial charge is 0.366 e. The number of Topliss-reactive ketones (excluding diaryl/α,β-unsaturated/α-hetero) is 1. The molecule has 1 unspecified atom stereocenters. The van der Waals surface area contributed by atoms with Gasteiger partial charge in [0, 0.05) is 29.1 Å². The van der Waals surface area contributed by atoms with Crippen LogP contribution >= 0.6 is 0 Å². The first-order chi connectivity index (χ1) is 11.8. The Bertz CT molecular complexity index is 912. The average molecular weight is 360 g/mol. The fourth-order valence-electron chi connectivity index (χ4n) is 2.76. The maximum absolute atomic E-state index is 11.6. The molecule has 132 valence electrons. The smallest absolute Gasteiger partial charge is 0.229 e. The number of hydrogen-bond donors (Lipinski definition) is 2. The lowest BCUT2D eigenvalue weighted by Gasteiger charge is -2.13. The van der Waals surface area contributed by atoms with Crippen LogP contribution < -0.4 is 10.6 Å². The minimum atomic E-state index is -2.95. The summed E-state index contributed by atoms with van der Waals surface area (Å²) < 4.78 is 23.2. The lowest BCUT2D eigenvalue weighted by atomic mass is 10.1. The zero-order valence-corrected chi connectivity index (χ0v) is 14.9. The van der Waals surface area contributed by atoms with E-state index in [4.69, 9.17) is 0 Å². The van der Waals surface area contributed by atoms with Crippen molar-refractivity contribution in [1.29, 1.82) is 0 Å². The van der Waals surface area contributed by atoms with Gasteiger partial charge in [-0.1, -0.05) is 12.1 Å². The quantitative estimate of drug-likeness (QED) is 0.789. The number of carbonyl (C=O) groups is 1. The second-order valence-corrected chi connectivity index (χ2v) is 8.45. The molecule has 1 aromatic heterocycles. The monoisotopic (exact) mass is 360 g/mol. The summed E-state index contributed by atoms with van der Waals surface area (Å²) in [6.07, 6.45) is 0.578. The van der Waals surface area contributed by atoms with E-state index in [0.717, 1.165) is 5.69 Å². The van der Waals surface area contributed by atoms with Gasteiger partial charge >= 0.3 is 0 Å². The van der Waals surface area contributed by atoms with Gasteiger partial charge in [0.15, 0.2) is 15.6 Å². The van der Waals surface area contributed by atoms with E-state index in [0.29, 0.717) is 29.4 Å². The minimum Gasteiger partial charge on any atom is -0.366 e. The highest BCUT2D eigenvalue weighted by atomic mass is 32.2. The number of benzene rings is 1. The van der Waals surface area contributed by atoms with Crippen molar-refractivity contribution >= 4 is 33.1 Å². The van der Waals surface area contributed by atoms with Gasteiger partial charge in [-0.3, -0.25) is 4.79 Å². The molecule has 1 fully saturated rings. The number of anilines is 3. The molecule has 0 bridgehead atoms. The van der Waals surface area contributed by atoms with Gasteiger partial charge in [0.2, 0.25) is 5.95 Å². The van der Waals surface area contributed by atoms with Crippen molar-refractivity contribution in [3.63, 3.8) is 0 Å². The number of aromatic nitrogens is 2. The predicted octanol–water partition coefficient (Wildman–Crippen LogP) is 2.33. The van der Waals surface area contributed by atoms with Gasteiger partial charge in [-0.2, -0.15) is 4.98 Å². The Morgan fingerprint density at radius 3 is 2.72 bits per heavy atom. The van der Waals surface area contributed by atoms with Gasteiger partial charge in [0.25, 0.3) is 0 Å². The van der Waals surface area contributed by atoms with Crippen molar-refractivity contribution in [1.82, 2.24) is 9.97 Å². The van der Waals surface area contributed by atoms with Crippen LogP contribution in [0.3, 0.4) is 0 Å². The van der Waals surface area contributed by atoms with Gasteiger partial charge in [-0.15, -0.1) is 0 Å². The van der Waals surface area contributed by atoms with E-state index in [1.807, 2.05) is 13.0 Å². The maximum Gasteiger partial charge on any atom is 0.229 e. The maximum atomic E-state index is 11.6. The Balaban J connectivity index is 1.78. The molecule has 3 rings (SSSR count). The van der Waals surface area contributed by atoms with E-state index in [2.05, 4.69) is 20.6 Å². The molecule has 2 aromatic rings. The van der Waals surface area contributed by atoms with Crippen LogP contribution in [-0.2, 0) is 9.84 Å². The molecule has 1 aliphatic rings. The number of nitrogens with zero attached hydrogens (tertiary/aromatic N) is 2. The van der Waals surface area contributed by atoms with E-state index in [1.54, 1.807) is 24.3 Å². The number of rotatable bonds is 5. The molecule has 1 aliphatic heterocycles. The molecule has 0 saturated carbocycles. The first-order valence-corrected chi connectivity index (χ1v) is 9.83. The first kappa shape index (κ1) is 17.3. The predicted molar refractivity (Wildman–Crippen MR) is 97.2 cm³/mol. The van der Waals surface area contributed by atoms with Crippen molar-refractivity contribution in [2.24, 2.45) is 0 Å². The van der Waals surface area contributed by atoms with E-state index < -0.39 is 9.84 Å². The molecule has 2 N–H and O–H groups in total. The second-order valence-electron chi connectivity index (χ2n) is 6.22. The van der Waals surface area contributed by atoms with Gasteiger partial charge in [0.1, 0.15) is 5.82 Å². The van der Waals surface area contributed by atoms with E-state index in [-0.39, 0.29) is 23.3 Å². The highest BCUT2D eigenvalue weighted by Crippen LogP contribution is 2.20. The fraction of sp³-hybridized carbons (Fsp3) is 0.353. The number of carbonyl (C=O) groups excluding carboxylic acids is 1. The topological polar surface area (TPSA) is 101 Å². The Hall–Kier alpha value is -2.48. The highest BCUT2D eigenvalue weighted by Gasteiger charge is 2.28. The fourth-order valence-corrected chi connectivity index (χ4v) is 4.43. The van der Waals surface area contributed by atoms with E-state index in [1.165, 1.54) is 6.92 Å². The second kappa shape index (κ2) is 6.79. The number of hydrogen-bond acceptors (Lipinski definition) is 7. The van der Waals surface area contributed by atoms with Crippen molar-refractivity contribution in [3.05, 3.63) is 41.6 Å². The third-order valence-corrected chi connectivity index (χ3v) is 5.73. The summed E-state index contributed by atoms with van der Waals surface area (Å²) in [4.78, 5) is 20.2. The summed E-state index contributed by atoms with van der Waals surface area (Å²) in [7, 11) is -2.95. The Labute approximate surface area is 146 Å². The first-order valence-electron chi connectivity index (χ1n) is 8.01. The van der Waals surface area contributed by atoms with Crippen LogP contribution in [0.4, 0.5) is 17.5 Å². The van der Waals surface area contributed by atoms with Crippen LogP contribution in [0, 0.1) is 6.92 Å². The molecule has 7 nitrogen and oxygen atoms in total.